The van der Waals surface area contributed by atoms with Crippen molar-refractivity contribution in [2.24, 2.45) is 0 Å². The van der Waals surface area contributed by atoms with E-state index in [1.807, 2.05) is 0 Å². The highest BCUT2D eigenvalue weighted by molar-refractivity contribution is 9.14. The maximum atomic E-state index is 5.19. The Kier molecular flexibility index (Phi) is 3.82. The van der Waals surface area contributed by atoms with Crippen molar-refractivity contribution in [2.45, 2.75) is 0 Å². The largest absolute Gasteiger partial charge is 0.0902 e. The third-order valence-corrected chi connectivity index (χ3v) is 1.76. The molecule has 30 valence electrons. The van der Waals surface area contributed by atoms with Crippen LogP contribution >= 0.6 is 43.5 Å². The average Bonchev–Trinajstić information content (AvgIpc) is 1.38. The van der Waals surface area contributed by atoms with Crippen molar-refractivity contribution in [3.63, 3.8) is 0 Å². The molecule has 0 unspecified atom stereocenters. The van der Waals surface area contributed by atoms with Gasteiger partial charge in [0.15, 0.2) is 0 Å². The Morgan fingerprint density at radius 2 is 2.00 bits per heavy atom. The third-order valence-electron chi connectivity index (χ3n) is 0.0825. The van der Waals surface area contributed by atoms with Crippen LogP contribution in [0, 0.1) is 0 Å². The van der Waals surface area contributed by atoms with Crippen LogP contribution in [-0.2, 0) is 0 Å². The molecule has 0 aliphatic rings. The maximum Gasteiger partial charge on any atom is 0.0902 e. The van der Waals surface area contributed by atoms with Gasteiger partial charge in [0.05, 0.1) is 3.94 Å². The molecule has 0 saturated carbocycles. The van der Waals surface area contributed by atoms with E-state index in [9.17, 15) is 0 Å². The van der Waals surface area contributed by atoms with Gasteiger partial charge in [0.1, 0.15) is 0 Å². The summed E-state index contributed by atoms with van der Waals surface area (Å²) in [5.74, 6) is 0. The molecule has 0 aromatic heterocycles. The van der Waals surface area contributed by atoms with Gasteiger partial charge in [-0.05, 0) is 15.9 Å². The second-order valence-corrected chi connectivity index (χ2v) is 2.57. The Hall–Kier alpha value is 0.990. The van der Waals surface area contributed by atoms with Crippen LogP contribution in [0.5, 0.6) is 0 Å². The highest BCUT2D eigenvalue weighted by Gasteiger charge is 1.69. The van der Waals surface area contributed by atoms with Crippen molar-refractivity contribution < 1.29 is 0 Å². The van der Waals surface area contributed by atoms with Crippen LogP contribution in [0.3, 0.4) is 0 Å². The highest BCUT2D eigenvalue weighted by Crippen LogP contribution is 2.10. The van der Waals surface area contributed by atoms with Gasteiger partial charge >= 0.3 is 0 Å². The van der Waals surface area contributed by atoms with Crippen LogP contribution in [0.4, 0.5) is 0 Å². The molecule has 0 saturated heterocycles. The predicted molar refractivity (Wildman–Crippen MR) is 31.8 cm³/mol. The van der Waals surface area contributed by atoms with Crippen molar-refractivity contribution in [2.75, 3.05) is 0 Å². The van der Waals surface area contributed by atoms with Crippen molar-refractivity contribution in [3.8, 4) is 0 Å². The van der Waals surface area contributed by atoms with Gasteiger partial charge in [-0.3, -0.25) is 0 Å². The minimum Gasteiger partial charge on any atom is -0.0756 e. The molecule has 0 aliphatic heterocycles. The molecule has 0 spiro atoms. The van der Waals surface area contributed by atoms with Crippen molar-refractivity contribution in [1.29, 1.82) is 0 Å². The molecule has 0 N–H and O–H groups in total. The van der Waals surface area contributed by atoms with E-state index in [4.69, 9.17) is 11.6 Å². The first-order chi connectivity index (χ1) is 2.27. The Bertz CT molecular complexity index is 45.6. The van der Waals surface area contributed by atoms with E-state index >= 15 is 0 Å². The van der Waals surface area contributed by atoms with E-state index in [0.29, 0.717) is 3.94 Å². The molecule has 0 amide bonds. The number of rotatable bonds is 0. The topological polar surface area (TPSA) is 0 Å². The molecule has 5 heavy (non-hydrogen) atoms. The fourth-order valence-corrected chi connectivity index (χ4v) is 0. The standard InChI is InChI=1S/C2HBr2Cl/c3-1-2(4)5/h1H/b2-1+. The molecule has 0 aliphatic carbocycles. The summed E-state index contributed by atoms with van der Waals surface area (Å²) in [5, 5.41) is 0. The van der Waals surface area contributed by atoms with E-state index in [1.54, 1.807) is 4.99 Å². The Morgan fingerprint density at radius 1 is 1.80 bits per heavy atom. The van der Waals surface area contributed by atoms with Crippen LogP contribution in [0.1, 0.15) is 0 Å². The molecule has 0 bridgehead atoms. The number of hydrogen-bond acceptors (Lipinski definition) is 0. The average molecular weight is 220 g/mol. The lowest BCUT2D eigenvalue weighted by molar-refractivity contribution is 2.49. The monoisotopic (exact) mass is 218 g/mol. The summed E-state index contributed by atoms with van der Waals surface area (Å²) in [5.41, 5.74) is 0. The van der Waals surface area contributed by atoms with Crippen LogP contribution in [-0.4, -0.2) is 0 Å². The molecule has 0 aromatic rings. The second-order valence-electron chi connectivity index (χ2n) is 0.399. The van der Waals surface area contributed by atoms with Gasteiger partial charge in [-0.1, -0.05) is 27.5 Å². The summed E-state index contributed by atoms with van der Waals surface area (Å²) in [6.45, 7) is 0. The number of hydrogen-bond donors (Lipinski definition) is 0. The first kappa shape index (κ1) is 5.99. The van der Waals surface area contributed by atoms with Gasteiger partial charge in [-0.15, -0.1) is 0 Å². The molecule has 0 aromatic carbocycles. The molecule has 0 nitrogen and oxygen atoms in total. The first-order valence-corrected chi connectivity index (χ1v) is 2.97. The van der Waals surface area contributed by atoms with Gasteiger partial charge in [-0.2, -0.15) is 0 Å². The lowest BCUT2D eigenvalue weighted by Crippen LogP contribution is -1.31. The van der Waals surface area contributed by atoms with E-state index in [2.05, 4.69) is 31.9 Å². The van der Waals surface area contributed by atoms with Crippen LogP contribution in [0.2, 0.25) is 0 Å². The SMILES string of the molecule is Cl/C(Br)=C/Br. The zero-order chi connectivity index (χ0) is 4.28. The molecule has 0 radical (unpaired) electrons. The van der Waals surface area contributed by atoms with Crippen LogP contribution in [0.25, 0.3) is 0 Å². The molecule has 3 heteroatoms. The second kappa shape index (κ2) is 3.19. The molecule has 0 rings (SSSR count). The van der Waals surface area contributed by atoms with Crippen molar-refractivity contribution in [3.05, 3.63) is 8.93 Å². The predicted octanol–water partition coefficient (Wildman–Crippen LogP) is 2.81. The highest BCUT2D eigenvalue weighted by atomic mass is 79.9. The zero-order valence-corrected chi connectivity index (χ0v) is 6.14. The van der Waals surface area contributed by atoms with E-state index in [1.165, 1.54) is 0 Å². The van der Waals surface area contributed by atoms with Crippen molar-refractivity contribution in [1.82, 2.24) is 0 Å². The smallest absolute Gasteiger partial charge is 0.0756 e. The maximum absolute atomic E-state index is 5.19. The van der Waals surface area contributed by atoms with Gasteiger partial charge in [0, 0.05) is 4.99 Å². The van der Waals surface area contributed by atoms with Crippen molar-refractivity contribution >= 4 is 43.5 Å². The fourth-order valence-electron chi connectivity index (χ4n) is 0. The summed E-state index contributed by atoms with van der Waals surface area (Å²) < 4.78 is 0.581. The Labute approximate surface area is 52.5 Å². The van der Waals surface area contributed by atoms with E-state index < -0.39 is 0 Å². The normalized spacial score (nSPS) is 12.2. The quantitative estimate of drug-likeness (QED) is 0.589. The first-order valence-electron chi connectivity index (χ1n) is 0.885. The van der Waals surface area contributed by atoms with Gasteiger partial charge in [-0.25, -0.2) is 0 Å². The van der Waals surface area contributed by atoms with Gasteiger partial charge < -0.3 is 0 Å². The van der Waals surface area contributed by atoms with E-state index in [-0.39, 0.29) is 0 Å². The molecular weight excluding hydrogens is 219 g/mol. The summed E-state index contributed by atoms with van der Waals surface area (Å²) in [6.07, 6.45) is 0. The third kappa shape index (κ3) is 4.99. The minimum atomic E-state index is 0.581. The van der Waals surface area contributed by atoms with E-state index in [0.717, 1.165) is 0 Å². The van der Waals surface area contributed by atoms with Crippen LogP contribution in [0.15, 0.2) is 8.93 Å². The molecule has 0 heterocycles. The van der Waals surface area contributed by atoms with Gasteiger partial charge in [0.25, 0.3) is 0 Å². The summed E-state index contributed by atoms with van der Waals surface area (Å²) in [6, 6.07) is 0. The lowest BCUT2D eigenvalue weighted by Gasteiger charge is -1.65. The molecular formula is C2HBr2Cl. The lowest BCUT2D eigenvalue weighted by atomic mass is 11.3. The zero-order valence-electron chi connectivity index (χ0n) is 2.21. The molecule has 0 atom stereocenters. The molecule has 0 fully saturated rings. The summed E-state index contributed by atoms with van der Waals surface area (Å²) in [7, 11) is 0. The Morgan fingerprint density at radius 3 is 2.00 bits per heavy atom. The van der Waals surface area contributed by atoms with Crippen LogP contribution < -0.4 is 0 Å². The Balaban J connectivity index is 3.14. The van der Waals surface area contributed by atoms with Gasteiger partial charge in [0.2, 0.25) is 0 Å². The summed E-state index contributed by atoms with van der Waals surface area (Å²) in [4.78, 5) is 1.58. The fraction of sp³-hybridized carbons (Fsp3) is 0. The number of halogens is 3. The summed E-state index contributed by atoms with van der Waals surface area (Å²) >= 11 is 11.1. The minimum absolute atomic E-state index is 0.581.